The molecule has 5 rings (SSSR count). The molecule has 0 aliphatic carbocycles. The molecule has 1 aliphatic rings. The van der Waals surface area contributed by atoms with Crippen LogP contribution < -0.4 is 14.9 Å². The lowest BCUT2D eigenvalue weighted by atomic mass is 9.85. The third-order valence-electron chi connectivity index (χ3n) is 5.70. The van der Waals surface area contributed by atoms with Crippen LogP contribution in [0.15, 0.2) is 63.8 Å². The number of phenolic OH excluding ortho intramolecular Hbond substituents is 3. The molecule has 1 atom stereocenters. The van der Waals surface area contributed by atoms with E-state index in [-0.39, 0.29) is 46.1 Å². The van der Waals surface area contributed by atoms with Gasteiger partial charge in [0.2, 0.25) is 0 Å². The highest BCUT2D eigenvalue weighted by Gasteiger charge is 2.33. The summed E-state index contributed by atoms with van der Waals surface area (Å²) in [5.74, 6) is -1.19. The Hall–Kier alpha value is -4.46. The first-order chi connectivity index (χ1) is 15.9. The molecule has 33 heavy (non-hydrogen) atoms. The lowest BCUT2D eigenvalue weighted by Crippen LogP contribution is -2.22. The number of hydrogen-bond donors (Lipinski definition) is 3. The Bertz CT molecular complexity index is 1470. The van der Waals surface area contributed by atoms with Gasteiger partial charge in [0, 0.05) is 29.2 Å². The van der Waals surface area contributed by atoms with Crippen molar-refractivity contribution in [3.63, 3.8) is 0 Å². The van der Waals surface area contributed by atoms with E-state index >= 15 is 0 Å². The maximum Gasteiger partial charge on any atom is 0.312 e. The summed E-state index contributed by atoms with van der Waals surface area (Å²) in [4.78, 5) is 25.3. The minimum absolute atomic E-state index is 0.00708. The molecule has 0 saturated heterocycles. The van der Waals surface area contributed by atoms with E-state index in [2.05, 4.69) is 0 Å². The fourth-order valence-corrected chi connectivity index (χ4v) is 4.10. The number of fused-ring (bicyclic) bond motifs is 3. The number of rotatable bonds is 3. The summed E-state index contributed by atoms with van der Waals surface area (Å²) in [6, 6.07) is 13.6. The largest absolute Gasteiger partial charge is 0.507 e. The van der Waals surface area contributed by atoms with E-state index in [0.29, 0.717) is 16.9 Å². The second-order valence-electron chi connectivity index (χ2n) is 7.69. The van der Waals surface area contributed by atoms with E-state index in [4.69, 9.17) is 13.9 Å². The number of esters is 1. The van der Waals surface area contributed by atoms with Gasteiger partial charge >= 0.3 is 5.97 Å². The zero-order valence-corrected chi connectivity index (χ0v) is 17.4. The lowest BCUT2D eigenvalue weighted by molar-refractivity contribution is -0.135. The number of aromatic hydroxyl groups is 3. The van der Waals surface area contributed by atoms with Gasteiger partial charge in [0.1, 0.15) is 34.0 Å². The van der Waals surface area contributed by atoms with Crippen molar-refractivity contribution >= 4 is 16.9 Å². The van der Waals surface area contributed by atoms with Crippen LogP contribution in [0.3, 0.4) is 0 Å². The maximum atomic E-state index is 13.0. The van der Waals surface area contributed by atoms with Gasteiger partial charge in [0.15, 0.2) is 16.9 Å². The minimum Gasteiger partial charge on any atom is -0.507 e. The van der Waals surface area contributed by atoms with E-state index in [9.17, 15) is 24.9 Å². The Labute approximate surface area is 186 Å². The number of carbonyl (C=O) groups excluding carboxylic acids is 1. The van der Waals surface area contributed by atoms with Crippen LogP contribution in [0.5, 0.6) is 28.7 Å². The molecule has 8 nitrogen and oxygen atoms in total. The predicted molar refractivity (Wildman–Crippen MR) is 118 cm³/mol. The van der Waals surface area contributed by atoms with Crippen molar-refractivity contribution in [3.8, 4) is 40.1 Å². The molecule has 1 aromatic heterocycles. The fraction of sp³-hybridized carbons (Fsp3) is 0.120. The molecule has 166 valence electrons. The molecule has 8 heteroatoms. The van der Waals surface area contributed by atoms with Crippen LogP contribution in [0.2, 0.25) is 0 Å². The summed E-state index contributed by atoms with van der Waals surface area (Å²) < 4.78 is 16.7. The van der Waals surface area contributed by atoms with E-state index < -0.39 is 17.3 Å². The molecule has 0 saturated carbocycles. The van der Waals surface area contributed by atoms with Gasteiger partial charge in [-0.2, -0.15) is 0 Å². The highest BCUT2D eigenvalue weighted by atomic mass is 16.5. The molecule has 3 aromatic carbocycles. The molecule has 0 bridgehead atoms. The predicted octanol–water partition coefficient (Wildman–Crippen LogP) is 4.03. The van der Waals surface area contributed by atoms with Gasteiger partial charge in [-0.1, -0.05) is 12.1 Å². The van der Waals surface area contributed by atoms with Crippen molar-refractivity contribution in [1.82, 2.24) is 0 Å². The van der Waals surface area contributed by atoms with Gasteiger partial charge in [-0.05, 0) is 35.9 Å². The quantitative estimate of drug-likeness (QED) is 0.245. The Kier molecular flexibility index (Phi) is 4.70. The van der Waals surface area contributed by atoms with Crippen molar-refractivity contribution in [2.24, 2.45) is 0 Å². The minimum atomic E-state index is -0.510. The molecule has 4 aromatic rings. The summed E-state index contributed by atoms with van der Waals surface area (Å²) in [5.41, 5.74) is 1.14. The highest BCUT2D eigenvalue weighted by Crippen LogP contribution is 2.46. The molecule has 0 radical (unpaired) electrons. The van der Waals surface area contributed by atoms with Crippen molar-refractivity contribution in [3.05, 3.63) is 75.9 Å². The standard InChI is InChI=1S/C25H18O8/c1-31-14-5-2-12(3-6-14)15-9-22(30)32-21-11-19(29)24-18(28)10-20(33-25(24)23(15)21)13-4-7-16(26)17(27)8-13/h2-8,10-11,15,26-27,29H,9H2,1H3/t15-/m0/s1. The van der Waals surface area contributed by atoms with Gasteiger partial charge in [0.25, 0.3) is 0 Å². The Morgan fingerprint density at radius 1 is 0.909 bits per heavy atom. The molecule has 0 unspecified atom stereocenters. The zero-order chi connectivity index (χ0) is 23.3. The summed E-state index contributed by atoms with van der Waals surface area (Å²) in [6.45, 7) is 0. The van der Waals surface area contributed by atoms with Crippen molar-refractivity contribution in [2.45, 2.75) is 12.3 Å². The normalized spacial score (nSPS) is 15.2. The monoisotopic (exact) mass is 446 g/mol. The van der Waals surface area contributed by atoms with Crippen molar-refractivity contribution < 1.29 is 34.0 Å². The molecule has 0 amide bonds. The van der Waals surface area contributed by atoms with Gasteiger partial charge in [-0.25, -0.2) is 0 Å². The van der Waals surface area contributed by atoms with Gasteiger partial charge < -0.3 is 29.2 Å². The number of methoxy groups -OCH3 is 1. The van der Waals surface area contributed by atoms with E-state index in [0.717, 1.165) is 5.56 Å². The van der Waals surface area contributed by atoms with Crippen LogP contribution in [0.25, 0.3) is 22.3 Å². The summed E-state index contributed by atoms with van der Waals surface area (Å²) in [5, 5.41) is 29.9. The first-order valence-electron chi connectivity index (χ1n) is 10.1. The molecule has 1 aliphatic heterocycles. The first-order valence-corrected chi connectivity index (χ1v) is 10.1. The third kappa shape index (κ3) is 3.41. The summed E-state index contributed by atoms with van der Waals surface area (Å²) >= 11 is 0. The second-order valence-corrected chi connectivity index (χ2v) is 7.69. The van der Waals surface area contributed by atoms with E-state index in [1.807, 2.05) is 12.1 Å². The first kappa shape index (κ1) is 20.4. The van der Waals surface area contributed by atoms with E-state index in [1.165, 1.54) is 30.3 Å². The molecule has 2 heterocycles. The lowest BCUT2D eigenvalue weighted by Gasteiger charge is -2.26. The van der Waals surface area contributed by atoms with Gasteiger partial charge in [0.05, 0.1) is 13.5 Å². The second kappa shape index (κ2) is 7.59. The molecular formula is C25H18O8. The van der Waals surface area contributed by atoms with Gasteiger partial charge in [-0.3, -0.25) is 9.59 Å². The number of benzene rings is 3. The Morgan fingerprint density at radius 2 is 1.67 bits per heavy atom. The van der Waals surface area contributed by atoms with Crippen LogP contribution in [0.1, 0.15) is 23.5 Å². The average molecular weight is 446 g/mol. The molecule has 3 N–H and O–H groups in total. The van der Waals surface area contributed by atoms with Crippen molar-refractivity contribution in [1.29, 1.82) is 0 Å². The topological polar surface area (TPSA) is 126 Å². The number of phenols is 3. The van der Waals surface area contributed by atoms with Crippen molar-refractivity contribution in [2.75, 3.05) is 7.11 Å². The van der Waals surface area contributed by atoms with E-state index in [1.54, 1.807) is 19.2 Å². The molecular weight excluding hydrogens is 428 g/mol. The number of ether oxygens (including phenoxy) is 2. The van der Waals surface area contributed by atoms with Gasteiger partial charge in [-0.15, -0.1) is 0 Å². The SMILES string of the molecule is COc1ccc([C@@H]2CC(=O)Oc3cc(O)c4c(=O)cc(-c5ccc(O)c(O)c5)oc4c32)cc1. The summed E-state index contributed by atoms with van der Waals surface area (Å²) in [7, 11) is 1.55. The zero-order valence-electron chi connectivity index (χ0n) is 17.4. The fourth-order valence-electron chi connectivity index (χ4n) is 4.10. The Morgan fingerprint density at radius 3 is 2.36 bits per heavy atom. The van der Waals surface area contributed by atoms with Crippen LogP contribution >= 0.6 is 0 Å². The maximum absolute atomic E-state index is 13.0. The molecule has 0 fully saturated rings. The number of carbonyl (C=O) groups is 1. The van der Waals surface area contributed by atoms with Crippen LogP contribution in [-0.2, 0) is 4.79 Å². The average Bonchev–Trinajstić information content (AvgIpc) is 2.79. The highest BCUT2D eigenvalue weighted by molar-refractivity contribution is 5.93. The smallest absolute Gasteiger partial charge is 0.312 e. The summed E-state index contributed by atoms with van der Waals surface area (Å²) in [6.07, 6.45) is 0.00708. The van der Waals surface area contributed by atoms with Crippen LogP contribution in [-0.4, -0.2) is 28.4 Å². The third-order valence-corrected chi connectivity index (χ3v) is 5.70. The van der Waals surface area contributed by atoms with Crippen LogP contribution in [0, 0.1) is 0 Å². The Balaban J connectivity index is 1.79. The molecule has 0 spiro atoms. The number of hydrogen-bond acceptors (Lipinski definition) is 8. The van der Waals surface area contributed by atoms with Crippen LogP contribution in [0.4, 0.5) is 0 Å².